The maximum atomic E-state index is 12.4. The van der Waals surface area contributed by atoms with E-state index in [1.54, 1.807) is 30.7 Å². The highest BCUT2D eigenvalue weighted by Gasteiger charge is 2.31. The number of aromatic nitrogens is 3. The molecule has 0 aliphatic rings. The number of benzene rings is 1. The summed E-state index contributed by atoms with van der Waals surface area (Å²) in [7, 11) is 1.75. The predicted molar refractivity (Wildman–Crippen MR) is 95.8 cm³/mol. The summed E-state index contributed by atoms with van der Waals surface area (Å²) in [6, 6.07) is 8.39. The van der Waals surface area contributed by atoms with Gasteiger partial charge in [0.1, 0.15) is 5.75 Å². The highest BCUT2D eigenvalue weighted by atomic mass is 32.2. The zero-order valence-corrected chi connectivity index (χ0v) is 15.5. The van der Waals surface area contributed by atoms with Gasteiger partial charge in [-0.2, -0.15) is 0 Å². The number of furan rings is 1. The molecule has 1 amide bonds. The van der Waals surface area contributed by atoms with Crippen LogP contribution in [0.5, 0.6) is 5.75 Å². The number of ether oxygens (including phenoxy) is 1. The van der Waals surface area contributed by atoms with Crippen LogP contribution in [0.4, 0.5) is 18.9 Å². The van der Waals surface area contributed by atoms with E-state index >= 15 is 0 Å². The molecule has 0 bridgehead atoms. The van der Waals surface area contributed by atoms with E-state index in [2.05, 4.69) is 20.3 Å². The van der Waals surface area contributed by atoms with E-state index in [1.807, 2.05) is 0 Å². The minimum Gasteiger partial charge on any atom is -0.461 e. The number of hydrogen-bond donors (Lipinski definition) is 1. The normalized spacial score (nSPS) is 12.6. The molecule has 1 atom stereocenters. The fourth-order valence-corrected chi connectivity index (χ4v) is 3.05. The van der Waals surface area contributed by atoms with Crippen molar-refractivity contribution in [2.75, 3.05) is 5.32 Å². The van der Waals surface area contributed by atoms with Gasteiger partial charge in [0.15, 0.2) is 16.7 Å². The summed E-state index contributed by atoms with van der Waals surface area (Å²) in [6.45, 7) is 1.68. The molecule has 2 aromatic heterocycles. The van der Waals surface area contributed by atoms with Crippen molar-refractivity contribution in [3.63, 3.8) is 0 Å². The van der Waals surface area contributed by atoms with Gasteiger partial charge in [0.2, 0.25) is 5.91 Å². The summed E-state index contributed by atoms with van der Waals surface area (Å²) in [6.07, 6.45) is -3.24. The standard InChI is InChI=1S/C17H15F3N4O3S/c1-10(28-16-23-22-14(24(16)2)13-4-3-9-26-13)15(25)21-11-5-7-12(8-6-11)27-17(18,19)20/h3-10H,1-2H3,(H,21,25)/t10-/m1/s1. The van der Waals surface area contributed by atoms with Gasteiger partial charge >= 0.3 is 6.36 Å². The number of carbonyl (C=O) groups is 1. The van der Waals surface area contributed by atoms with E-state index in [0.717, 1.165) is 12.1 Å². The number of rotatable bonds is 6. The molecule has 0 fully saturated rings. The first-order valence-electron chi connectivity index (χ1n) is 7.99. The molecule has 3 aromatic rings. The molecular weight excluding hydrogens is 397 g/mol. The number of hydrogen-bond acceptors (Lipinski definition) is 6. The Kier molecular flexibility index (Phi) is 5.63. The molecule has 3 rings (SSSR count). The molecule has 0 unspecified atom stereocenters. The summed E-state index contributed by atoms with van der Waals surface area (Å²) in [5.41, 5.74) is 0.348. The molecule has 0 saturated heterocycles. The van der Waals surface area contributed by atoms with Crippen molar-refractivity contribution in [3.8, 4) is 17.3 Å². The maximum Gasteiger partial charge on any atom is 0.573 e. The zero-order chi connectivity index (χ0) is 20.3. The Morgan fingerprint density at radius 2 is 1.96 bits per heavy atom. The second-order valence-corrected chi connectivity index (χ2v) is 6.97. The van der Waals surface area contributed by atoms with Crippen LogP contribution in [0.3, 0.4) is 0 Å². The van der Waals surface area contributed by atoms with Gasteiger partial charge in [0.05, 0.1) is 11.5 Å². The smallest absolute Gasteiger partial charge is 0.461 e. The molecule has 0 aliphatic heterocycles. The molecule has 1 aromatic carbocycles. The summed E-state index contributed by atoms with van der Waals surface area (Å²) in [4.78, 5) is 12.4. The second kappa shape index (κ2) is 7.97. The highest BCUT2D eigenvalue weighted by molar-refractivity contribution is 8.00. The van der Waals surface area contributed by atoms with Crippen LogP contribution in [0.2, 0.25) is 0 Å². The van der Waals surface area contributed by atoms with Gasteiger partial charge < -0.3 is 19.0 Å². The Hall–Kier alpha value is -2.95. The minimum atomic E-state index is -4.76. The van der Waals surface area contributed by atoms with Crippen molar-refractivity contribution in [2.45, 2.75) is 23.7 Å². The molecule has 0 saturated carbocycles. The highest BCUT2D eigenvalue weighted by Crippen LogP contribution is 2.27. The monoisotopic (exact) mass is 412 g/mol. The Bertz CT molecular complexity index is 940. The van der Waals surface area contributed by atoms with Crippen molar-refractivity contribution in [1.82, 2.24) is 14.8 Å². The lowest BCUT2D eigenvalue weighted by atomic mass is 10.3. The number of nitrogens with one attached hydrogen (secondary N) is 1. The summed E-state index contributed by atoms with van der Waals surface area (Å²) in [5, 5.41) is 10.7. The number of halogens is 3. The van der Waals surface area contributed by atoms with Crippen LogP contribution in [0.1, 0.15) is 6.92 Å². The number of anilines is 1. The van der Waals surface area contributed by atoms with Crippen molar-refractivity contribution in [3.05, 3.63) is 42.7 Å². The molecule has 1 N–H and O–H groups in total. The van der Waals surface area contributed by atoms with E-state index in [9.17, 15) is 18.0 Å². The van der Waals surface area contributed by atoms with Gasteiger partial charge in [-0.25, -0.2) is 0 Å². The van der Waals surface area contributed by atoms with Crippen LogP contribution in [0.15, 0.2) is 52.2 Å². The molecule has 7 nitrogen and oxygen atoms in total. The van der Waals surface area contributed by atoms with Crippen LogP contribution < -0.4 is 10.1 Å². The van der Waals surface area contributed by atoms with Crippen LogP contribution in [-0.4, -0.2) is 32.3 Å². The first kappa shape index (κ1) is 19.8. The molecule has 0 aliphatic carbocycles. The first-order chi connectivity index (χ1) is 13.2. The van der Waals surface area contributed by atoms with Gasteiger partial charge in [-0.1, -0.05) is 11.8 Å². The Morgan fingerprint density at radius 1 is 1.25 bits per heavy atom. The number of amides is 1. The van der Waals surface area contributed by atoms with Crippen LogP contribution >= 0.6 is 11.8 Å². The van der Waals surface area contributed by atoms with Gasteiger partial charge in [-0.05, 0) is 43.3 Å². The van der Waals surface area contributed by atoms with Gasteiger partial charge in [-0.3, -0.25) is 4.79 Å². The molecule has 11 heteroatoms. The third-order valence-corrected chi connectivity index (χ3v) is 4.72. The van der Waals surface area contributed by atoms with E-state index in [1.165, 1.54) is 30.2 Å². The third-order valence-electron chi connectivity index (χ3n) is 3.58. The quantitative estimate of drug-likeness (QED) is 0.614. The van der Waals surface area contributed by atoms with Gasteiger partial charge in [0, 0.05) is 12.7 Å². The minimum absolute atomic E-state index is 0.336. The fraction of sp³-hybridized carbons (Fsp3) is 0.235. The molecule has 28 heavy (non-hydrogen) atoms. The lowest BCUT2D eigenvalue weighted by Crippen LogP contribution is -2.23. The molecule has 0 radical (unpaired) electrons. The fourth-order valence-electron chi connectivity index (χ4n) is 2.23. The maximum absolute atomic E-state index is 12.4. The Morgan fingerprint density at radius 3 is 2.57 bits per heavy atom. The lowest BCUT2D eigenvalue weighted by Gasteiger charge is -2.12. The summed E-state index contributed by atoms with van der Waals surface area (Å²) >= 11 is 1.19. The van der Waals surface area contributed by atoms with Crippen LogP contribution in [-0.2, 0) is 11.8 Å². The van der Waals surface area contributed by atoms with Crippen LogP contribution in [0.25, 0.3) is 11.6 Å². The third kappa shape index (κ3) is 4.85. The Labute approximate surface area is 161 Å². The first-order valence-corrected chi connectivity index (χ1v) is 8.87. The van der Waals surface area contributed by atoms with E-state index in [0.29, 0.717) is 22.4 Å². The van der Waals surface area contributed by atoms with Crippen LogP contribution in [0, 0.1) is 0 Å². The largest absolute Gasteiger partial charge is 0.573 e. The molecule has 0 spiro atoms. The molecular formula is C17H15F3N4O3S. The SMILES string of the molecule is C[C@@H](Sc1nnc(-c2ccco2)n1C)C(=O)Nc1ccc(OC(F)(F)F)cc1. The zero-order valence-electron chi connectivity index (χ0n) is 14.7. The molecule has 2 heterocycles. The van der Waals surface area contributed by atoms with Crippen molar-refractivity contribution >= 4 is 23.4 Å². The number of carbonyl (C=O) groups excluding carboxylic acids is 1. The van der Waals surface area contributed by atoms with Gasteiger partial charge in [-0.15, -0.1) is 23.4 Å². The van der Waals surface area contributed by atoms with E-state index < -0.39 is 11.6 Å². The van der Waals surface area contributed by atoms with Crippen molar-refractivity contribution < 1.29 is 27.1 Å². The lowest BCUT2D eigenvalue weighted by molar-refractivity contribution is -0.274. The predicted octanol–water partition coefficient (Wildman–Crippen LogP) is 4.09. The summed E-state index contributed by atoms with van der Waals surface area (Å²) in [5.74, 6) is 0.384. The van der Waals surface area contributed by atoms with Gasteiger partial charge in [0.25, 0.3) is 0 Å². The number of nitrogens with zero attached hydrogens (tertiary/aromatic N) is 3. The number of thioether (sulfide) groups is 1. The van der Waals surface area contributed by atoms with Crippen molar-refractivity contribution in [1.29, 1.82) is 0 Å². The second-order valence-electron chi connectivity index (χ2n) is 5.66. The van der Waals surface area contributed by atoms with E-state index in [-0.39, 0.29) is 11.7 Å². The Balaban J connectivity index is 1.61. The van der Waals surface area contributed by atoms with E-state index in [4.69, 9.17) is 4.42 Å². The van der Waals surface area contributed by atoms with Crippen molar-refractivity contribution in [2.24, 2.45) is 7.05 Å². The molecule has 148 valence electrons. The topological polar surface area (TPSA) is 82.2 Å². The average Bonchev–Trinajstić information content (AvgIpc) is 3.26. The summed E-state index contributed by atoms with van der Waals surface area (Å²) < 4.78 is 47.3. The average molecular weight is 412 g/mol. The number of alkyl halides is 3.